The Bertz CT molecular complexity index is 563. The fourth-order valence-corrected chi connectivity index (χ4v) is 3.31. The van der Waals surface area contributed by atoms with Gasteiger partial charge in [0.1, 0.15) is 6.54 Å². The van der Waals surface area contributed by atoms with E-state index >= 15 is 0 Å². The Morgan fingerprint density at radius 2 is 1.91 bits per heavy atom. The van der Waals surface area contributed by atoms with Crippen molar-refractivity contribution in [1.82, 2.24) is 15.8 Å². The summed E-state index contributed by atoms with van der Waals surface area (Å²) in [7, 11) is 0. The minimum Gasteiger partial charge on any atom is -0.323 e. The number of amides is 3. The summed E-state index contributed by atoms with van der Waals surface area (Å²) in [5, 5.41) is 0. The first-order valence-corrected chi connectivity index (χ1v) is 8.81. The third kappa shape index (κ3) is 5.27. The van der Waals surface area contributed by atoms with Gasteiger partial charge in [-0.15, -0.1) is 23.5 Å². The second-order valence-corrected chi connectivity index (χ2v) is 6.77. The number of benzene rings is 1. The van der Waals surface area contributed by atoms with Crippen molar-refractivity contribution in [2.45, 2.75) is 11.8 Å². The lowest BCUT2D eigenvalue weighted by molar-refractivity contribution is -0.133. The first kappa shape index (κ1) is 16.7. The Balaban J connectivity index is 1.65. The van der Waals surface area contributed by atoms with Gasteiger partial charge in [-0.25, -0.2) is 0 Å². The number of nitrogens with zero attached hydrogens (tertiary/aromatic N) is 1. The summed E-state index contributed by atoms with van der Waals surface area (Å²) >= 11 is 2.86. The number of hydrazine groups is 1. The summed E-state index contributed by atoms with van der Waals surface area (Å²) < 4.78 is 0. The van der Waals surface area contributed by atoms with E-state index in [2.05, 4.69) is 10.9 Å². The molecule has 0 unspecified atom stereocenters. The maximum Gasteiger partial charge on any atom is 0.258 e. The van der Waals surface area contributed by atoms with Gasteiger partial charge in [0.15, 0.2) is 0 Å². The molecule has 0 spiro atoms. The molecule has 22 heavy (non-hydrogen) atoms. The number of hydrogen-bond donors (Lipinski definition) is 2. The normalized spacial score (nSPS) is 14.0. The van der Waals surface area contributed by atoms with Crippen LogP contribution in [0, 0.1) is 6.92 Å². The highest BCUT2D eigenvalue weighted by Crippen LogP contribution is 2.17. The second-order valence-electron chi connectivity index (χ2n) is 4.77. The van der Waals surface area contributed by atoms with E-state index in [0.717, 1.165) is 10.5 Å². The number of hydrogen-bond acceptors (Lipinski definition) is 5. The second kappa shape index (κ2) is 8.09. The van der Waals surface area contributed by atoms with Crippen LogP contribution in [0.25, 0.3) is 0 Å². The summed E-state index contributed by atoms with van der Waals surface area (Å²) in [5.41, 5.74) is 5.83. The molecule has 8 heteroatoms. The van der Waals surface area contributed by atoms with Crippen LogP contribution in [0.1, 0.15) is 5.56 Å². The van der Waals surface area contributed by atoms with Crippen LogP contribution in [0.4, 0.5) is 0 Å². The Morgan fingerprint density at radius 1 is 1.23 bits per heavy atom. The van der Waals surface area contributed by atoms with Crippen molar-refractivity contribution in [2.24, 2.45) is 0 Å². The SMILES string of the molecule is Cc1ccc(SCC(=O)NNC(=O)CN2CSCC2=O)cc1. The lowest BCUT2D eigenvalue weighted by Crippen LogP contribution is -2.47. The fourth-order valence-electron chi connectivity index (χ4n) is 1.71. The van der Waals surface area contributed by atoms with Gasteiger partial charge in [0.05, 0.1) is 17.4 Å². The summed E-state index contributed by atoms with van der Waals surface area (Å²) in [4.78, 5) is 37.1. The molecule has 3 amide bonds. The zero-order valence-electron chi connectivity index (χ0n) is 12.1. The zero-order valence-corrected chi connectivity index (χ0v) is 13.8. The smallest absolute Gasteiger partial charge is 0.258 e. The summed E-state index contributed by atoms with van der Waals surface area (Å²) in [5.74, 6) is 0.394. The maximum atomic E-state index is 11.7. The van der Waals surface area contributed by atoms with Crippen molar-refractivity contribution in [1.29, 1.82) is 0 Å². The lowest BCUT2D eigenvalue weighted by atomic mass is 10.2. The lowest BCUT2D eigenvalue weighted by Gasteiger charge is -2.14. The van der Waals surface area contributed by atoms with E-state index in [1.165, 1.54) is 28.4 Å². The van der Waals surface area contributed by atoms with Crippen molar-refractivity contribution < 1.29 is 14.4 Å². The monoisotopic (exact) mass is 339 g/mol. The van der Waals surface area contributed by atoms with Gasteiger partial charge in [0.2, 0.25) is 11.8 Å². The van der Waals surface area contributed by atoms with Crippen LogP contribution in [-0.2, 0) is 14.4 Å². The average Bonchev–Trinajstić information content (AvgIpc) is 2.90. The van der Waals surface area contributed by atoms with E-state index < -0.39 is 5.91 Å². The molecule has 1 aliphatic heterocycles. The van der Waals surface area contributed by atoms with Gasteiger partial charge in [0.25, 0.3) is 5.91 Å². The molecule has 6 nitrogen and oxygen atoms in total. The highest BCUT2D eigenvalue weighted by Gasteiger charge is 2.22. The van der Waals surface area contributed by atoms with Gasteiger partial charge in [-0.05, 0) is 19.1 Å². The number of aryl methyl sites for hydroxylation is 1. The molecule has 1 aromatic carbocycles. The van der Waals surface area contributed by atoms with Gasteiger partial charge >= 0.3 is 0 Å². The van der Waals surface area contributed by atoms with Crippen molar-refractivity contribution in [3.05, 3.63) is 29.8 Å². The van der Waals surface area contributed by atoms with Crippen LogP contribution < -0.4 is 10.9 Å². The van der Waals surface area contributed by atoms with E-state index in [-0.39, 0.29) is 24.1 Å². The van der Waals surface area contributed by atoms with Gasteiger partial charge < -0.3 is 4.90 Å². The Morgan fingerprint density at radius 3 is 2.55 bits per heavy atom. The predicted octanol–water partition coefficient (Wildman–Crippen LogP) is 0.767. The van der Waals surface area contributed by atoms with E-state index in [0.29, 0.717) is 11.6 Å². The third-order valence-corrected chi connectivity index (χ3v) is 4.85. The molecule has 1 aromatic rings. The number of rotatable bonds is 5. The maximum absolute atomic E-state index is 11.7. The Kier molecular flexibility index (Phi) is 6.14. The Hall–Kier alpha value is -1.67. The van der Waals surface area contributed by atoms with E-state index in [9.17, 15) is 14.4 Å². The minimum absolute atomic E-state index is 0.0305. The summed E-state index contributed by atoms with van der Waals surface area (Å²) in [6.07, 6.45) is 0. The Labute approximate surface area is 137 Å². The largest absolute Gasteiger partial charge is 0.323 e. The van der Waals surface area contributed by atoms with Crippen LogP contribution in [0.3, 0.4) is 0 Å². The van der Waals surface area contributed by atoms with Gasteiger partial charge in [0, 0.05) is 4.90 Å². The molecule has 0 bridgehead atoms. The van der Waals surface area contributed by atoms with Crippen LogP contribution in [0.5, 0.6) is 0 Å². The molecule has 2 N–H and O–H groups in total. The quantitative estimate of drug-likeness (QED) is 0.612. The highest BCUT2D eigenvalue weighted by atomic mass is 32.2. The zero-order chi connectivity index (χ0) is 15.9. The molecule has 0 radical (unpaired) electrons. The van der Waals surface area contributed by atoms with Crippen LogP contribution >= 0.6 is 23.5 Å². The molecule has 0 aromatic heterocycles. The highest BCUT2D eigenvalue weighted by molar-refractivity contribution is 8.00. The van der Waals surface area contributed by atoms with Crippen LogP contribution in [0.15, 0.2) is 29.2 Å². The molecule has 0 atom stereocenters. The molecule has 118 valence electrons. The number of nitrogens with one attached hydrogen (secondary N) is 2. The molecular weight excluding hydrogens is 322 g/mol. The average molecular weight is 339 g/mol. The molecular formula is C14H17N3O3S2. The van der Waals surface area contributed by atoms with Gasteiger partial charge in [-0.1, -0.05) is 17.7 Å². The van der Waals surface area contributed by atoms with Gasteiger partial charge in [-0.3, -0.25) is 25.2 Å². The third-order valence-electron chi connectivity index (χ3n) is 2.89. The molecule has 1 fully saturated rings. The minimum atomic E-state index is -0.399. The van der Waals surface area contributed by atoms with E-state index in [4.69, 9.17) is 0 Å². The molecule has 0 saturated carbocycles. The van der Waals surface area contributed by atoms with Crippen LogP contribution in [0.2, 0.25) is 0 Å². The molecule has 1 aliphatic rings. The van der Waals surface area contributed by atoms with Crippen molar-refractivity contribution in [3.8, 4) is 0 Å². The van der Waals surface area contributed by atoms with Crippen LogP contribution in [-0.4, -0.2) is 46.5 Å². The number of carbonyl (C=O) groups is 3. The summed E-state index contributed by atoms with van der Waals surface area (Å²) in [6, 6.07) is 7.85. The van der Waals surface area contributed by atoms with Crippen molar-refractivity contribution in [3.63, 3.8) is 0 Å². The van der Waals surface area contributed by atoms with E-state index in [1.807, 2.05) is 31.2 Å². The predicted molar refractivity (Wildman–Crippen MR) is 87.2 cm³/mol. The van der Waals surface area contributed by atoms with Gasteiger partial charge in [-0.2, -0.15) is 0 Å². The number of thioether (sulfide) groups is 2. The van der Waals surface area contributed by atoms with Crippen molar-refractivity contribution >= 4 is 41.2 Å². The number of carbonyl (C=O) groups excluding carboxylic acids is 3. The molecule has 1 heterocycles. The first-order valence-electron chi connectivity index (χ1n) is 6.67. The molecule has 1 saturated heterocycles. The summed E-state index contributed by atoms with van der Waals surface area (Å²) in [6.45, 7) is 1.97. The molecule has 2 rings (SSSR count). The fraction of sp³-hybridized carbons (Fsp3) is 0.357. The standard InChI is InChI=1S/C14H17N3O3S2/c1-10-2-4-11(5-3-10)22-7-13(19)16-15-12(18)6-17-9-21-8-14(17)20/h2-5H,6-9H2,1H3,(H,15,18)(H,16,19). The van der Waals surface area contributed by atoms with E-state index in [1.54, 1.807) is 0 Å². The van der Waals surface area contributed by atoms with Crippen molar-refractivity contribution in [2.75, 3.05) is 23.9 Å². The topological polar surface area (TPSA) is 78.5 Å². The molecule has 0 aliphatic carbocycles. The first-order chi connectivity index (χ1) is 10.5.